The molecule has 2 fully saturated rings. The third-order valence-electron chi connectivity index (χ3n) is 3.46. The van der Waals surface area contributed by atoms with E-state index < -0.39 is 0 Å². The first-order valence-corrected chi connectivity index (χ1v) is 5.19. The van der Waals surface area contributed by atoms with Crippen molar-refractivity contribution in [3.8, 4) is 0 Å². The van der Waals surface area contributed by atoms with E-state index in [4.69, 9.17) is 0 Å². The Morgan fingerprint density at radius 2 is 2.08 bits per heavy atom. The van der Waals surface area contributed by atoms with Gasteiger partial charge in [-0.2, -0.15) is 0 Å². The fourth-order valence-corrected chi connectivity index (χ4v) is 2.68. The maximum Gasteiger partial charge on any atom is 0.0279 e. The molecule has 1 saturated carbocycles. The number of nitrogens with one attached hydrogen (secondary N) is 1. The van der Waals surface area contributed by atoms with Crippen molar-refractivity contribution in [2.45, 2.75) is 51.1 Å². The van der Waals surface area contributed by atoms with Crippen molar-refractivity contribution in [3.63, 3.8) is 0 Å². The molecule has 1 heterocycles. The molecule has 1 nitrogen and oxygen atoms in total. The molecule has 12 heavy (non-hydrogen) atoms. The third-order valence-corrected chi connectivity index (χ3v) is 3.46. The van der Waals surface area contributed by atoms with Crippen LogP contribution in [-0.2, 0) is 0 Å². The molecule has 0 aromatic carbocycles. The molecule has 1 aliphatic heterocycles. The first kappa shape index (κ1) is 8.31. The minimum Gasteiger partial charge on any atom is -0.307 e. The van der Waals surface area contributed by atoms with Gasteiger partial charge < -0.3 is 5.32 Å². The second-order valence-corrected chi connectivity index (χ2v) is 4.45. The number of hydrogen-bond donors (Lipinski definition) is 1. The average Bonchev–Trinajstić information content (AvgIpc) is 2.46. The Morgan fingerprint density at radius 3 is 2.75 bits per heavy atom. The molecular weight excluding hydrogens is 146 g/mol. The largest absolute Gasteiger partial charge is 0.307 e. The van der Waals surface area contributed by atoms with Crippen molar-refractivity contribution in [2.24, 2.45) is 5.92 Å². The molecule has 1 aliphatic carbocycles. The van der Waals surface area contributed by atoms with Crippen LogP contribution in [0.25, 0.3) is 0 Å². The van der Waals surface area contributed by atoms with E-state index in [0.29, 0.717) is 6.04 Å². The summed E-state index contributed by atoms with van der Waals surface area (Å²) >= 11 is 0. The molecule has 2 aliphatic rings. The van der Waals surface area contributed by atoms with Crippen LogP contribution in [0.15, 0.2) is 12.2 Å². The first-order valence-electron chi connectivity index (χ1n) is 5.19. The molecule has 2 rings (SSSR count). The van der Waals surface area contributed by atoms with Gasteiger partial charge in [-0.05, 0) is 32.1 Å². The Labute approximate surface area is 75.2 Å². The number of hydrogen-bond acceptors (Lipinski definition) is 1. The quantitative estimate of drug-likeness (QED) is 0.589. The van der Waals surface area contributed by atoms with Crippen molar-refractivity contribution in [1.29, 1.82) is 0 Å². The summed E-state index contributed by atoms with van der Waals surface area (Å²) < 4.78 is 0. The Morgan fingerprint density at radius 1 is 1.33 bits per heavy atom. The molecule has 0 bridgehead atoms. The smallest absolute Gasteiger partial charge is 0.0279 e. The highest BCUT2D eigenvalue weighted by Crippen LogP contribution is 2.34. The Balaban J connectivity index is 1.98. The standard InChI is InChI=1S/C11H19N/c1-8(2)11-7-9-5-3-4-6-10(9)12-11/h9-12H,1,3-7H2,2H3/t9-,10-,11?/m0/s1. The predicted molar refractivity (Wildman–Crippen MR) is 52.1 cm³/mol. The van der Waals surface area contributed by atoms with Crippen molar-refractivity contribution in [2.75, 3.05) is 0 Å². The highest BCUT2D eigenvalue weighted by Gasteiger charge is 2.34. The van der Waals surface area contributed by atoms with E-state index in [1.54, 1.807) is 0 Å². The first-order chi connectivity index (χ1) is 5.77. The van der Waals surface area contributed by atoms with Crippen molar-refractivity contribution in [1.82, 2.24) is 5.32 Å². The molecule has 1 heteroatoms. The molecule has 0 amide bonds. The van der Waals surface area contributed by atoms with Gasteiger partial charge in [0.2, 0.25) is 0 Å². The summed E-state index contributed by atoms with van der Waals surface area (Å²) in [5, 5.41) is 3.69. The average molecular weight is 165 g/mol. The Bertz CT molecular complexity index is 171. The fraction of sp³-hybridized carbons (Fsp3) is 0.818. The second-order valence-electron chi connectivity index (χ2n) is 4.45. The lowest BCUT2D eigenvalue weighted by Crippen LogP contribution is -2.33. The van der Waals surface area contributed by atoms with Crippen LogP contribution < -0.4 is 5.32 Å². The molecular formula is C11H19N. The summed E-state index contributed by atoms with van der Waals surface area (Å²) in [7, 11) is 0. The van der Waals surface area contributed by atoms with E-state index in [-0.39, 0.29) is 0 Å². The zero-order valence-electron chi connectivity index (χ0n) is 7.97. The fourth-order valence-electron chi connectivity index (χ4n) is 2.68. The summed E-state index contributed by atoms with van der Waals surface area (Å²) in [5.74, 6) is 0.959. The van der Waals surface area contributed by atoms with Gasteiger partial charge in [0.25, 0.3) is 0 Å². The van der Waals surface area contributed by atoms with Gasteiger partial charge >= 0.3 is 0 Å². The molecule has 0 aromatic heterocycles. The summed E-state index contributed by atoms with van der Waals surface area (Å²) in [4.78, 5) is 0. The SMILES string of the molecule is C=C(C)C1C[C@@H]2CCCC[C@@H]2N1. The molecule has 68 valence electrons. The Hall–Kier alpha value is -0.300. The van der Waals surface area contributed by atoms with Crippen LogP contribution in [0.2, 0.25) is 0 Å². The van der Waals surface area contributed by atoms with Crippen LogP contribution in [0.3, 0.4) is 0 Å². The van der Waals surface area contributed by atoms with Gasteiger partial charge in [-0.3, -0.25) is 0 Å². The molecule has 0 aromatic rings. The van der Waals surface area contributed by atoms with Crippen molar-refractivity contribution < 1.29 is 0 Å². The van der Waals surface area contributed by atoms with Gasteiger partial charge in [-0.15, -0.1) is 0 Å². The van der Waals surface area contributed by atoms with E-state index in [0.717, 1.165) is 12.0 Å². The summed E-state index contributed by atoms with van der Waals surface area (Å²) in [6.07, 6.45) is 7.07. The van der Waals surface area contributed by atoms with E-state index in [2.05, 4.69) is 18.8 Å². The lowest BCUT2D eigenvalue weighted by atomic mass is 9.84. The molecule has 0 radical (unpaired) electrons. The second kappa shape index (κ2) is 3.21. The van der Waals surface area contributed by atoms with E-state index in [1.807, 2.05) is 0 Å². The highest BCUT2D eigenvalue weighted by molar-refractivity contribution is 5.08. The van der Waals surface area contributed by atoms with Gasteiger partial charge in [0.15, 0.2) is 0 Å². The molecule has 1 saturated heterocycles. The van der Waals surface area contributed by atoms with Crippen LogP contribution in [0, 0.1) is 5.92 Å². The number of rotatable bonds is 1. The van der Waals surface area contributed by atoms with Gasteiger partial charge in [0.05, 0.1) is 0 Å². The minimum absolute atomic E-state index is 0.623. The van der Waals surface area contributed by atoms with E-state index in [1.165, 1.54) is 37.7 Å². The predicted octanol–water partition coefficient (Wildman–Crippen LogP) is 2.48. The summed E-state index contributed by atoms with van der Waals surface area (Å²) in [6, 6.07) is 1.44. The van der Waals surface area contributed by atoms with E-state index in [9.17, 15) is 0 Å². The lowest BCUT2D eigenvalue weighted by Gasteiger charge is -2.24. The monoisotopic (exact) mass is 165 g/mol. The zero-order valence-corrected chi connectivity index (χ0v) is 7.97. The van der Waals surface area contributed by atoms with Crippen LogP contribution in [0.1, 0.15) is 39.0 Å². The Kier molecular flexibility index (Phi) is 2.22. The van der Waals surface area contributed by atoms with Crippen LogP contribution in [-0.4, -0.2) is 12.1 Å². The van der Waals surface area contributed by atoms with Crippen LogP contribution in [0.5, 0.6) is 0 Å². The highest BCUT2D eigenvalue weighted by atomic mass is 15.0. The van der Waals surface area contributed by atoms with E-state index >= 15 is 0 Å². The van der Waals surface area contributed by atoms with Gasteiger partial charge in [0.1, 0.15) is 0 Å². The van der Waals surface area contributed by atoms with Crippen LogP contribution >= 0.6 is 0 Å². The third kappa shape index (κ3) is 1.42. The molecule has 0 spiro atoms. The van der Waals surface area contributed by atoms with Gasteiger partial charge in [-0.1, -0.05) is 25.0 Å². The van der Waals surface area contributed by atoms with Crippen molar-refractivity contribution in [3.05, 3.63) is 12.2 Å². The molecule has 1 unspecified atom stereocenters. The lowest BCUT2D eigenvalue weighted by molar-refractivity contribution is 0.326. The summed E-state index contributed by atoms with van der Waals surface area (Å²) in [5.41, 5.74) is 1.32. The topological polar surface area (TPSA) is 12.0 Å². The molecule has 1 N–H and O–H groups in total. The zero-order chi connectivity index (χ0) is 8.55. The maximum absolute atomic E-state index is 4.03. The van der Waals surface area contributed by atoms with Crippen LogP contribution in [0.4, 0.5) is 0 Å². The minimum atomic E-state index is 0.623. The summed E-state index contributed by atoms with van der Waals surface area (Å²) in [6.45, 7) is 6.18. The molecule has 3 atom stereocenters. The van der Waals surface area contributed by atoms with Gasteiger partial charge in [0, 0.05) is 12.1 Å². The van der Waals surface area contributed by atoms with Gasteiger partial charge in [-0.25, -0.2) is 0 Å². The van der Waals surface area contributed by atoms with Crippen molar-refractivity contribution >= 4 is 0 Å². The normalized spacial score (nSPS) is 40.9. The number of fused-ring (bicyclic) bond motifs is 1. The maximum atomic E-state index is 4.03.